The summed E-state index contributed by atoms with van der Waals surface area (Å²) in [6.45, 7) is 3.50. The topological polar surface area (TPSA) is 79.9 Å². The van der Waals surface area contributed by atoms with Crippen molar-refractivity contribution < 1.29 is 9.53 Å². The fraction of sp³-hybridized carbons (Fsp3) is 0.211. The number of H-pyrrole nitrogens is 1. The Kier molecular flexibility index (Phi) is 5.53. The number of hydrogen-bond acceptors (Lipinski definition) is 4. The van der Waals surface area contributed by atoms with Gasteiger partial charge in [0.25, 0.3) is 5.91 Å². The van der Waals surface area contributed by atoms with E-state index in [2.05, 4.69) is 20.5 Å². The lowest BCUT2D eigenvalue weighted by Crippen LogP contribution is -2.39. The van der Waals surface area contributed by atoms with Gasteiger partial charge in [-0.15, -0.1) is 0 Å². The van der Waals surface area contributed by atoms with Gasteiger partial charge < -0.3 is 10.1 Å². The predicted octanol–water partition coefficient (Wildman–Crippen LogP) is 3.44. The highest BCUT2D eigenvalue weighted by Crippen LogP contribution is 2.20. The van der Waals surface area contributed by atoms with Crippen LogP contribution < -0.4 is 10.1 Å². The molecule has 26 heavy (non-hydrogen) atoms. The molecule has 6 nitrogen and oxygen atoms in total. The van der Waals surface area contributed by atoms with Crippen molar-refractivity contribution in [1.82, 2.24) is 20.5 Å². The van der Waals surface area contributed by atoms with Crippen molar-refractivity contribution in [2.75, 3.05) is 0 Å². The number of carbonyl (C=O) groups is 1. The molecule has 1 amide bonds. The van der Waals surface area contributed by atoms with Gasteiger partial charge >= 0.3 is 0 Å². The van der Waals surface area contributed by atoms with E-state index in [1.54, 1.807) is 31.2 Å². The van der Waals surface area contributed by atoms with Crippen LogP contribution in [0.2, 0.25) is 5.02 Å². The molecule has 134 valence electrons. The van der Waals surface area contributed by atoms with Gasteiger partial charge in [-0.2, -0.15) is 5.10 Å². The van der Waals surface area contributed by atoms with E-state index in [0.717, 1.165) is 5.56 Å². The number of aryl methyl sites for hydroxylation is 1. The number of nitrogens with zero attached hydrogens (tertiary/aromatic N) is 2. The minimum atomic E-state index is -0.692. The third-order valence-electron chi connectivity index (χ3n) is 3.79. The fourth-order valence-corrected chi connectivity index (χ4v) is 2.59. The summed E-state index contributed by atoms with van der Waals surface area (Å²) < 4.78 is 5.69. The minimum Gasteiger partial charge on any atom is -0.481 e. The van der Waals surface area contributed by atoms with Gasteiger partial charge in [-0.1, -0.05) is 41.9 Å². The van der Waals surface area contributed by atoms with Crippen LogP contribution in [0, 0.1) is 6.92 Å². The quantitative estimate of drug-likeness (QED) is 0.696. The lowest BCUT2D eigenvalue weighted by Gasteiger charge is -2.20. The molecule has 1 heterocycles. The molecule has 1 aromatic heterocycles. The van der Waals surface area contributed by atoms with Crippen molar-refractivity contribution in [1.29, 1.82) is 0 Å². The SMILES string of the molecule is Cc1nc(C(NC(=O)C(C)Oc2ccc(Cl)cc2)c2ccccc2)n[nH]1. The Morgan fingerprint density at radius 2 is 1.85 bits per heavy atom. The maximum Gasteiger partial charge on any atom is 0.261 e. The zero-order valence-corrected chi connectivity index (χ0v) is 15.2. The molecule has 2 unspecified atom stereocenters. The molecule has 2 atom stereocenters. The molecular formula is C19H19ClN4O2. The number of aromatic nitrogens is 3. The zero-order chi connectivity index (χ0) is 18.5. The average molecular weight is 371 g/mol. The van der Waals surface area contributed by atoms with Gasteiger partial charge in [-0.3, -0.25) is 9.89 Å². The third kappa shape index (κ3) is 4.40. The average Bonchev–Trinajstić information content (AvgIpc) is 3.08. The van der Waals surface area contributed by atoms with Gasteiger partial charge in [0.15, 0.2) is 11.9 Å². The monoisotopic (exact) mass is 370 g/mol. The highest BCUT2D eigenvalue weighted by atomic mass is 35.5. The van der Waals surface area contributed by atoms with Gasteiger partial charge in [-0.05, 0) is 43.7 Å². The first-order valence-corrected chi connectivity index (χ1v) is 8.57. The van der Waals surface area contributed by atoms with Crippen molar-refractivity contribution in [2.24, 2.45) is 0 Å². The van der Waals surface area contributed by atoms with E-state index in [9.17, 15) is 4.79 Å². The molecule has 0 aliphatic carbocycles. The number of hydrogen-bond donors (Lipinski definition) is 2. The minimum absolute atomic E-state index is 0.267. The summed E-state index contributed by atoms with van der Waals surface area (Å²) in [4.78, 5) is 17.0. The van der Waals surface area contributed by atoms with Crippen molar-refractivity contribution >= 4 is 17.5 Å². The van der Waals surface area contributed by atoms with E-state index in [0.29, 0.717) is 22.4 Å². The van der Waals surface area contributed by atoms with E-state index in [1.165, 1.54) is 0 Å². The lowest BCUT2D eigenvalue weighted by molar-refractivity contribution is -0.127. The first-order valence-electron chi connectivity index (χ1n) is 8.19. The molecule has 2 aromatic carbocycles. The molecule has 3 rings (SSSR count). The molecule has 0 spiro atoms. The molecule has 2 N–H and O–H groups in total. The number of aromatic amines is 1. The predicted molar refractivity (Wildman–Crippen MR) is 99.1 cm³/mol. The summed E-state index contributed by atoms with van der Waals surface area (Å²) in [5, 5.41) is 10.6. The molecule has 0 fully saturated rings. The maximum absolute atomic E-state index is 12.7. The van der Waals surface area contributed by atoms with Gasteiger partial charge in [0.2, 0.25) is 0 Å². The number of amides is 1. The first kappa shape index (κ1) is 17.9. The normalized spacial score (nSPS) is 13.0. The second-order valence-electron chi connectivity index (χ2n) is 5.85. The summed E-state index contributed by atoms with van der Waals surface area (Å²) in [7, 11) is 0. The Balaban J connectivity index is 1.75. The molecule has 3 aromatic rings. The third-order valence-corrected chi connectivity index (χ3v) is 4.04. The van der Waals surface area contributed by atoms with Gasteiger partial charge in [-0.25, -0.2) is 4.98 Å². The smallest absolute Gasteiger partial charge is 0.261 e. The summed E-state index contributed by atoms with van der Waals surface area (Å²) in [6.07, 6.45) is -0.692. The maximum atomic E-state index is 12.7. The van der Waals surface area contributed by atoms with Gasteiger partial charge in [0.1, 0.15) is 17.6 Å². The highest BCUT2D eigenvalue weighted by molar-refractivity contribution is 6.30. The van der Waals surface area contributed by atoms with E-state index < -0.39 is 12.1 Å². The second kappa shape index (κ2) is 8.01. The van der Waals surface area contributed by atoms with Crippen LogP contribution in [0.25, 0.3) is 0 Å². The Morgan fingerprint density at radius 1 is 1.15 bits per heavy atom. The van der Waals surface area contributed by atoms with Crippen molar-refractivity contribution in [3.05, 3.63) is 76.8 Å². The van der Waals surface area contributed by atoms with Crippen LogP contribution in [0.3, 0.4) is 0 Å². The summed E-state index contributed by atoms with van der Waals surface area (Å²) >= 11 is 5.87. The Morgan fingerprint density at radius 3 is 2.46 bits per heavy atom. The van der Waals surface area contributed by atoms with Crippen molar-refractivity contribution in [3.63, 3.8) is 0 Å². The first-order chi connectivity index (χ1) is 12.5. The summed E-state index contributed by atoms with van der Waals surface area (Å²) in [5.74, 6) is 1.49. The largest absolute Gasteiger partial charge is 0.481 e. The van der Waals surface area contributed by atoms with E-state index >= 15 is 0 Å². The number of rotatable bonds is 6. The zero-order valence-electron chi connectivity index (χ0n) is 14.4. The standard InChI is InChI=1S/C19H19ClN4O2/c1-12(26-16-10-8-15(20)9-11-16)19(25)22-17(14-6-4-3-5-7-14)18-21-13(2)23-24-18/h3-12,17H,1-2H3,(H,22,25)(H,21,23,24). The number of carbonyl (C=O) groups excluding carboxylic acids is 1. The van der Waals surface area contributed by atoms with Crippen molar-refractivity contribution in [2.45, 2.75) is 26.0 Å². The summed E-state index contributed by atoms with van der Waals surface area (Å²) in [5.41, 5.74) is 0.888. The van der Waals surface area contributed by atoms with Crippen molar-refractivity contribution in [3.8, 4) is 5.75 Å². The second-order valence-corrected chi connectivity index (χ2v) is 6.28. The Hall–Kier alpha value is -2.86. The highest BCUT2D eigenvalue weighted by Gasteiger charge is 2.24. The lowest BCUT2D eigenvalue weighted by atomic mass is 10.1. The molecule has 0 bridgehead atoms. The van der Waals surface area contributed by atoms with Crippen LogP contribution in [0.5, 0.6) is 5.75 Å². The number of nitrogens with one attached hydrogen (secondary N) is 2. The van der Waals surface area contributed by atoms with Gasteiger partial charge in [0, 0.05) is 5.02 Å². The number of ether oxygens (including phenoxy) is 1. The van der Waals surface area contributed by atoms with E-state index in [-0.39, 0.29) is 5.91 Å². The Bertz CT molecular complexity index is 865. The van der Waals surface area contributed by atoms with E-state index in [1.807, 2.05) is 37.3 Å². The van der Waals surface area contributed by atoms with Crippen LogP contribution in [0.4, 0.5) is 0 Å². The molecule has 0 aliphatic rings. The van der Waals surface area contributed by atoms with Crippen LogP contribution in [0.1, 0.15) is 30.2 Å². The van der Waals surface area contributed by atoms with Gasteiger partial charge in [0.05, 0.1) is 0 Å². The van der Waals surface area contributed by atoms with Crippen LogP contribution in [0.15, 0.2) is 54.6 Å². The Labute approximate surface area is 156 Å². The number of halogens is 1. The number of benzene rings is 2. The fourth-order valence-electron chi connectivity index (χ4n) is 2.46. The molecule has 0 saturated heterocycles. The molecule has 0 saturated carbocycles. The van der Waals surface area contributed by atoms with Crippen LogP contribution >= 0.6 is 11.6 Å². The van der Waals surface area contributed by atoms with Crippen LogP contribution in [-0.4, -0.2) is 27.2 Å². The molecular weight excluding hydrogens is 352 g/mol. The molecule has 7 heteroatoms. The summed E-state index contributed by atoms with van der Waals surface area (Å²) in [6, 6.07) is 16.0. The van der Waals surface area contributed by atoms with Crippen LogP contribution in [-0.2, 0) is 4.79 Å². The van der Waals surface area contributed by atoms with E-state index in [4.69, 9.17) is 16.3 Å². The molecule has 0 radical (unpaired) electrons. The molecule has 0 aliphatic heterocycles.